The molecule has 2 rings (SSSR count). The Morgan fingerprint density at radius 2 is 2.30 bits per heavy atom. The minimum Gasteiger partial charge on any atom is -0.370 e. The molecule has 104 valence electrons. The van der Waals surface area contributed by atoms with Gasteiger partial charge in [-0.25, -0.2) is 4.98 Å². The molecule has 0 saturated heterocycles. The number of imidazole rings is 1. The molecule has 1 aromatic heterocycles. The van der Waals surface area contributed by atoms with Crippen LogP contribution in [-0.4, -0.2) is 20.8 Å². The molecule has 0 aliphatic heterocycles. The maximum absolute atomic E-state index is 11.2. The number of carbonyl (C=O) groups is 1. The molecule has 0 fully saturated rings. The maximum Gasteiger partial charge on any atom is 0.292 e. The van der Waals surface area contributed by atoms with Crippen LogP contribution in [0.2, 0.25) is 0 Å². The van der Waals surface area contributed by atoms with E-state index in [4.69, 9.17) is 5.73 Å². The molecule has 1 aromatic carbocycles. The molecule has 1 heterocycles. The topological polar surface area (TPSA) is 127 Å². The number of nitrogens with two attached hydrogens (primary N) is 1. The Balaban J connectivity index is 2.35. The number of nitrogens with one attached hydrogen (secondary N) is 2. The number of nitro benzene ring substituents is 1. The van der Waals surface area contributed by atoms with Crippen LogP contribution >= 0.6 is 0 Å². The van der Waals surface area contributed by atoms with Crippen molar-refractivity contribution < 1.29 is 9.72 Å². The Labute approximate surface area is 114 Å². The number of benzene rings is 1. The Hall–Kier alpha value is -2.90. The van der Waals surface area contributed by atoms with Crippen LogP contribution in [0, 0.1) is 10.1 Å². The van der Waals surface area contributed by atoms with Gasteiger partial charge < -0.3 is 16.0 Å². The highest BCUT2D eigenvalue weighted by Crippen LogP contribution is 2.28. The number of hydrogen-bond donors (Lipinski definition) is 3. The summed E-state index contributed by atoms with van der Waals surface area (Å²) in [5.41, 5.74) is 5.46. The van der Waals surface area contributed by atoms with Gasteiger partial charge >= 0.3 is 0 Å². The summed E-state index contributed by atoms with van der Waals surface area (Å²) in [5, 5.41) is 13.9. The molecule has 1 unspecified atom stereocenters. The van der Waals surface area contributed by atoms with Crippen LogP contribution in [0.25, 0.3) is 0 Å². The smallest absolute Gasteiger partial charge is 0.292 e. The van der Waals surface area contributed by atoms with Crippen molar-refractivity contribution in [2.45, 2.75) is 13.0 Å². The van der Waals surface area contributed by atoms with Crippen molar-refractivity contribution in [3.8, 4) is 0 Å². The number of nitro groups is 1. The average Bonchev–Trinajstić information content (AvgIpc) is 2.92. The Bertz CT molecular complexity index is 639. The molecule has 0 saturated carbocycles. The number of carbonyl (C=O) groups excluding carboxylic acids is 1. The van der Waals surface area contributed by atoms with Gasteiger partial charge in [-0.05, 0) is 19.1 Å². The summed E-state index contributed by atoms with van der Waals surface area (Å²) in [7, 11) is 0. The third kappa shape index (κ3) is 2.74. The number of anilines is 1. The first kappa shape index (κ1) is 13.5. The molecule has 2 aromatic rings. The van der Waals surface area contributed by atoms with Crippen molar-refractivity contribution >= 4 is 17.3 Å². The molecule has 8 heteroatoms. The highest BCUT2D eigenvalue weighted by molar-refractivity contribution is 5.94. The van der Waals surface area contributed by atoms with E-state index >= 15 is 0 Å². The quantitative estimate of drug-likeness (QED) is 0.564. The molecular formula is C12H13N5O3. The summed E-state index contributed by atoms with van der Waals surface area (Å²) in [6, 6.07) is 3.65. The van der Waals surface area contributed by atoms with Crippen molar-refractivity contribution in [3.05, 3.63) is 52.1 Å². The fourth-order valence-corrected chi connectivity index (χ4v) is 1.78. The molecule has 8 nitrogen and oxygen atoms in total. The Kier molecular flexibility index (Phi) is 3.65. The molecule has 0 radical (unpaired) electrons. The van der Waals surface area contributed by atoms with Gasteiger partial charge in [0.15, 0.2) is 0 Å². The van der Waals surface area contributed by atoms with Gasteiger partial charge in [0, 0.05) is 24.0 Å². The van der Waals surface area contributed by atoms with E-state index < -0.39 is 10.8 Å². The van der Waals surface area contributed by atoms with Crippen LogP contribution in [0.1, 0.15) is 29.1 Å². The van der Waals surface area contributed by atoms with Gasteiger partial charge in [-0.2, -0.15) is 0 Å². The lowest BCUT2D eigenvalue weighted by molar-refractivity contribution is -0.384. The molecular weight excluding hydrogens is 262 g/mol. The average molecular weight is 275 g/mol. The maximum atomic E-state index is 11.2. The van der Waals surface area contributed by atoms with Gasteiger partial charge in [-0.15, -0.1) is 0 Å². The zero-order valence-corrected chi connectivity index (χ0v) is 10.7. The summed E-state index contributed by atoms with van der Waals surface area (Å²) < 4.78 is 0. The minimum atomic E-state index is -0.645. The van der Waals surface area contributed by atoms with Crippen LogP contribution in [-0.2, 0) is 0 Å². The first-order valence-corrected chi connectivity index (χ1v) is 5.83. The second kappa shape index (κ2) is 5.39. The van der Waals surface area contributed by atoms with Crippen molar-refractivity contribution in [2.24, 2.45) is 5.73 Å². The van der Waals surface area contributed by atoms with E-state index in [-0.39, 0.29) is 23.0 Å². The molecule has 0 bridgehead atoms. The summed E-state index contributed by atoms with van der Waals surface area (Å²) in [6.07, 6.45) is 3.24. The van der Waals surface area contributed by atoms with Crippen LogP contribution in [0.15, 0.2) is 30.6 Å². The zero-order chi connectivity index (χ0) is 14.7. The number of aromatic nitrogens is 2. The van der Waals surface area contributed by atoms with Crippen molar-refractivity contribution in [1.29, 1.82) is 0 Å². The van der Waals surface area contributed by atoms with Gasteiger partial charge in [0.1, 0.15) is 11.5 Å². The van der Waals surface area contributed by atoms with Crippen LogP contribution in [0.5, 0.6) is 0 Å². The second-order valence-electron chi connectivity index (χ2n) is 4.19. The summed E-state index contributed by atoms with van der Waals surface area (Å²) in [6.45, 7) is 1.79. The van der Waals surface area contributed by atoms with E-state index in [0.717, 1.165) is 0 Å². The van der Waals surface area contributed by atoms with E-state index in [9.17, 15) is 14.9 Å². The predicted octanol–water partition coefficient (Wildman–Crippen LogP) is 1.59. The van der Waals surface area contributed by atoms with Gasteiger partial charge in [0.05, 0.1) is 11.0 Å². The number of primary amides is 1. The van der Waals surface area contributed by atoms with Crippen molar-refractivity contribution in [3.63, 3.8) is 0 Å². The third-order valence-corrected chi connectivity index (χ3v) is 2.78. The Morgan fingerprint density at radius 3 is 2.85 bits per heavy atom. The van der Waals surface area contributed by atoms with E-state index in [1.165, 1.54) is 18.2 Å². The highest BCUT2D eigenvalue weighted by atomic mass is 16.6. The fraction of sp³-hybridized carbons (Fsp3) is 0.167. The number of nitrogens with zero attached hydrogens (tertiary/aromatic N) is 2. The van der Waals surface area contributed by atoms with E-state index in [1.54, 1.807) is 19.3 Å². The first-order chi connectivity index (χ1) is 9.49. The van der Waals surface area contributed by atoms with Crippen LogP contribution < -0.4 is 11.1 Å². The van der Waals surface area contributed by atoms with Crippen LogP contribution in [0.3, 0.4) is 0 Å². The molecule has 1 atom stereocenters. The zero-order valence-electron chi connectivity index (χ0n) is 10.7. The van der Waals surface area contributed by atoms with Gasteiger partial charge in [0.2, 0.25) is 5.91 Å². The predicted molar refractivity (Wildman–Crippen MR) is 72.2 cm³/mol. The van der Waals surface area contributed by atoms with Crippen LogP contribution in [0.4, 0.5) is 11.4 Å². The van der Waals surface area contributed by atoms with Gasteiger partial charge in [-0.3, -0.25) is 14.9 Å². The molecule has 20 heavy (non-hydrogen) atoms. The summed E-state index contributed by atoms with van der Waals surface area (Å²) in [4.78, 5) is 28.6. The molecule has 1 amide bonds. The van der Waals surface area contributed by atoms with Gasteiger partial charge in [-0.1, -0.05) is 0 Å². The largest absolute Gasteiger partial charge is 0.370 e. The molecule has 4 N–H and O–H groups in total. The number of amides is 1. The van der Waals surface area contributed by atoms with Gasteiger partial charge in [0.25, 0.3) is 5.69 Å². The minimum absolute atomic E-state index is 0.131. The third-order valence-electron chi connectivity index (χ3n) is 2.78. The lowest BCUT2D eigenvalue weighted by Crippen LogP contribution is -2.14. The van der Waals surface area contributed by atoms with E-state index in [1.807, 2.05) is 0 Å². The molecule has 0 aliphatic rings. The Morgan fingerprint density at radius 1 is 1.55 bits per heavy atom. The van der Waals surface area contributed by atoms with E-state index in [0.29, 0.717) is 5.82 Å². The summed E-state index contributed by atoms with van der Waals surface area (Å²) in [5.74, 6) is -0.0163. The number of hydrogen-bond acceptors (Lipinski definition) is 5. The second-order valence-corrected chi connectivity index (χ2v) is 4.19. The molecule has 0 spiro atoms. The molecule has 0 aliphatic carbocycles. The number of aromatic amines is 1. The first-order valence-electron chi connectivity index (χ1n) is 5.83. The lowest BCUT2D eigenvalue weighted by atomic mass is 10.1. The SMILES string of the molecule is CC(Nc1cc(C(N)=O)ccc1[N+](=O)[O-])c1ncc[nH]1. The van der Waals surface area contributed by atoms with E-state index in [2.05, 4.69) is 15.3 Å². The summed E-state index contributed by atoms with van der Waals surface area (Å²) >= 11 is 0. The normalized spacial score (nSPS) is 11.8. The monoisotopic (exact) mass is 275 g/mol. The van der Waals surface area contributed by atoms with Crippen molar-refractivity contribution in [1.82, 2.24) is 9.97 Å². The lowest BCUT2D eigenvalue weighted by Gasteiger charge is -2.13. The van der Waals surface area contributed by atoms with Crippen molar-refractivity contribution in [2.75, 3.05) is 5.32 Å². The standard InChI is InChI=1S/C12H13N5O3/c1-7(12-14-4-5-15-12)16-9-6-8(11(13)18)2-3-10(9)17(19)20/h2-7,16H,1H3,(H2,13,18)(H,14,15). The highest BCUT2D eigenvalue weighted by Gasteiger charge is 2.18. The number of H-pyrrole nitrogens is 1. The fourth-order valence-electron chi connectivity index (χ4n) is 1.78. The number of rotatable bonds is 5.